The minimum absolute atomic E-state index is 0.0295. The summed E-state index contributed by atoms with van der Waals surface area (Å²) in [5.74, 6) is 0.173. The van der Waals surface area contributed by atoms with Crippen LogP contribution in [0.5, 0.6) is 6.01 Å². The molecule has 5 heteroatoms. The summed E-state index contributed by atoms with van der Waals surface area (Å²) in [6.45, 7) is 8.33. The van der Waals surface area contributed by atoms with Crippen LogP contribution < -0.4 is 4.74 Å². The summed E-state index contributed by atoms with van der Waals surface area (Å²) in [5.41, 5.74) is 4.35. The van der Waals surface area contributed by atoms with Gasteiger partial charge < -0.3 is 9.64 Å². The number of benzene rings is 2. The largest absolute Gasteiger partial charge is 0.461 e. The van der Waals surface area contributed by atoms with E-state index in [0.29, 0.717) is 18.2 Å². The van der Waals surface area contributed by atoms with E-state index in [1.807, 2.05) is 81.6 Å². The standard InChI is InChI=1S/C25H29N3O2/c1-17(2)23(16-30-25-26-18(3)15-19(4)27-25)28(5)24(29)22-14-10-9-13-21(22)20-11-7-6-8-12-20/h6-15,17,23H,16H2,1-5H3/t23-/m1/s1. The van der Waals surface area contributed by atoms with Crippen LogP contribution in [-0.4, -0.2) is 40.5 Å². The van der Waals surface area contributed by atoms with Gasteiger partial charge in [-0.15, -0.1) is 0 Å². The Morgan fingerprint density at radius 1 is 0.967 bits per heavy atom. The van der Waals surface area contributed by atoms with Gasteiger partial charge >= 0.3 is 6.01 Å². The molecule has 1 heterocycles. The van der Waals surface area contributed by atoms with Gasteiger partial charge in [0.05, 0.1) is 6.04 Å². The summed E-state index contributed by atoms with van der Waals surface area (Å²) in [6.07, 6.45) is 0. The molecule has 0 spiro atoms. The molecular weight excluding hydrogens is 374 g/mol. The average Bonchev–Trinajstić information content (AvgIpc) is 2.73. The van der Waals surface area contributed by atoms with Crippen molar-refractivity contribution in [3.63, 3.8) is 0 Å². The molecule has 0 aliphatic heterocycles. The van der Waals surface area contributed by atoms with Crippen molar-refractivity contribution in [3.05, 3.63) is 77.6 Å². The molecule has 5 nitrogen and oxygen atoms in total. The van der Waals surface area contributed by atoms with Crippen LogP contribution in [0.2, 0.25) is 0 Å². The van der Waals surface area contributed by atoms with Gasteiger partial charge in [-0.25, -0.2) is 9.97 Å². The fraction of sp³-hybridized carbons (Fsp3) is 0.320. The van der Waals surface area contributed by atoms with Crippen LogP contribution in [0.15, 0.2) is 60.7 Å². The van der Waals surface area contributed by atoms with Crippen LogP contribution in [0.1, 0.15) is 35.6 Å². The Balaban J connectivity index is 1.82. The molecule has 1 amide bonds. The molecule has 0 saturated heterocycles. The Morgan fingerprint density at radius 2 is 1.57 bits per heavy atom. The molecule has 30 heavy (non-hydrogen) atoms. The summed E-state index contributed by atoms with van der Waals surface area (Å²) in [6, 6.07) is 19.8. The Kier molecular flexibility index (Phi) is 6.83. The minimum Gasteiger partial charge on any atom is -0.461 e. The molecule has 0 unspecified atom stereocenters. The third-order valence-electron chi connectivity index (χ3n) is 5.17. The number of hydrogen-bond acceptors (Lipinski definition) is 4. The van der Waals surface area contributed by atoms with E-state index in [1.165, 1.54) is 0 Å². The summed E-state index contributed by atoms with van der Waals surface area (Å²) in [5, 5.41) is 0. The summed E-state index contributed by atoms with van der Waals surface area (Å²) < 4.78 is 5.90. The third-order valence-corrected chi connectivity index (χ3v) is 5.17. The maximum absolute atomic E-state index is 13.4. The maximum atomic E-state index is 13.4. The van der Waals surface area contributed by atoms with Gasteiger partial charge in [0.1, 0.15) is 6.61 Å². The van der Waals surface area contributed by atoms with Crippen LogP contribution in [-0.2, 0) is 0 Å². The smallest absolute Gasteiger partial charge is 0.316 e. The molecule has 3 rings (SSSR count). The van der Waals surface area contributed by atoms with Gasteiger partial charge in [0.2, 0.25) is 0 Å². The Hall–Kier alpha value is -3.21. The number of likely N-dealkylation sites (N-methyl/N-ethyl adjacent to an activating group) is 1. The van der Waals surface area contributed by atoms with Gasteiger partial charge in [0, 0.05) is 24.0 Å². The van der Waals surface area contributed by atoms with Crippen molar-refractivity contribution < 1.29 is 9.53 Å². The van der Waals surface area contributed by atoms with Crippen molar-refractivity contribution in [2.75, 3.05) is 13.7 Å². The number of amides is 1. The lowest BCUT2D eigenvalue weighted by Gasteiger charge is -2.31. The Bertz CT molecular complexity index is 982. The molecule has 0 bridgehead atoms. The molecule has 2 aromatic carbocycles. The van der Waals surface area contributed by atoms with E-state index in [4.69, 9.17) is 4.74 Å². The van der Waals surface area contributed by atoms with E-state index in [-0.39, 0.29) is 17.9 Å². The van der Waals surface area contributed by atoms with E-state index in [0.717, 1.165) is 22.5 Å². The first-order valence-electron chi connectivity index (χ1n) is 10.2. The highest BCUT2D eigenvalue weighted by Gasteiger charge is 2.26. The summed E-state index contributed by atoms with van der Waals surface area (Å²) >= 11 is 0. The van der Waals surface area contributed by atoms with Gasteiger partial charge in [-0.2, -0.15) is 0 Å². The van der Waals surface area contributed by atoms with Crippen LogP contribution >= 0.6 is 0 Å². The SMILES string of the molecule is Cc1cc(C)nc(OC[C@H](C(C)C)N(C)C(=O)c2ccccc2-c2ccccc2)n1. The molecule has 1 aromatic heterocycles. The van der Waals surface area contributed by atoms with Crippen molar-refractivity contribution >= 4 is 5.91 Å². The van der Waals surface area contributed by atoms with Gasteiger partial charge in [-0.1, -0.05) is 62.4 Å². The van der Waals surface area contributed by atoms with Crippen molar-refractivity contribution in [3.8, 4) is 17.1 Å². The third kappa shape index (κ3) is 5.03. The Labute approximate surface area is 178 Å². The number of carbonyl (C=O) groups is 1. The van der Waals surface area contributed by atoms with E-state index in [9.17, 15) is 4.79 Å². The van der Waals surface area contributed by atoms with E-state index in [1.54, 1.807) is 4.90 Å². The fourth-order valence-electron chi connectivity index (χ4n) is 3.55. The second-order valence-corrected chi connectivity index (χ2v) is 7.88. The highest BCUT2D eigenvalue weighted by molar-refractivity contribution is 6.00. The normalized spacial score (nSPS) is 11.9. The lowest BCUT2D eigenvalue weighted by Crippen LogP contribution is -2.44. The zero-order valence-electron chi connectivity index (χ0n) is 18.3. The average molecular weight is 404 g/mol. The number of nitrogens with zero attached hydrogens (tertiary/aromatic N) is 3. The monoisotopic (exact) mass is 403 g/mol. The molecule has 0 fully saturated rings. The molecule has 1 atom stereocenters. The molecule has 0 aliphatic carbocycles. The zero-order valence-corrected chi connectivity index (χ0v) is 18.3. The Morgan fingerprint density at radius 3 is 2.20 bits per heavy atom. The molecule has 156 valence electrons. The topological polar surface area (TPSA) is 55.3 Å². The number of ether oxygens (including phenoxy) is 1. The van der Waals surface area contributed by atoms with Crippen molar-refractivity contribution in [1.29, 1.82) is 0 Å². The van der Waals surface area contributed by atoms with E-state index in [2.05, 4.69) is 23.8 Å². The fourth-order valence-corrected chi connectivity index (χ4v) is 3.55. The van der Waals surface area contributed by atoms with Gasteiger partial charge in [0.25, 0.3) is 5.91 Å². The second kappa shape index (κ2) is 9.53. The first kappa shape index (κ1) is 21.5. The molecular formula is C25H29N3O2. The van der Waals surface area contributed by atoms with E-state index >= 15 is 0 Å². The molecule has 0 aliphatic rings. The maximum Gasteiger partial charge on any atom is 0.316 e. The number of rotatable bonds is 7. The van der Waals surface area contributed by atoms with Crippen molar-refractivity contribution in [1.82, 2.24) is 14.9 Å². The molecule has 3 aromatic rings. The van der Waals surface area contributed by atoms with Crippen molar-refractivity contribution in [2.24, 2.45) is 5.92 Å². The zero-order chi connectivity index (χ0) is 21.7. The highest BCUT2D eigenvalue weighted by Crippen LogP contribution is 2.25. The number of aromatic nitrogens is 2. The van der Waals surface area contributed by atoms with Crippen LogP contribution in [0.25, 0.3) is 11.1 Å². The first-order chi connectivity index (χ1) is 14.4. The summed E-state index contributed by atoms with van der Waals surface area (Å²) in [7, 11) is 1.83. The minimum atomic E-state index is -0.120. The van der Waals surface area contributed by atoms with Gasteiger partial charge in [-0.3, -0.25) is 4.79 Å². The predicted molar refractivity (Wildman–Crippen MR) is 120 cm³/mol. The quantitative estimate of drug-likeness (QED) is 0.561. The lowest BCUT2D eigenvalue weighted by molar-refractivity contribution is 0.0604. The highest BCUT2D eigenvalue weighted by atomic mass is 16.5. The van der Waals surface area contributed by atoms with E-state index < -0.39 is 0 Å². The van der Waals surface area contributed by atoms with Crippen LogP contribution in [0.3, 0.4) is 0 Å². The first-order valence-corrected chi connectivity index (χ1v) is 10.2. The molecule has 0 N–H and O–H groups in total. The van der Waals surface area contributed by atoms with Crippen molar-refractivity contribution in [2.45, 2.75) is 33.7 Å². The molecule has 0 radical (unpaired) electrons. The second-order valence-electron chi connectivity index (χ2n) is 7.88. The van der Waals surface area contributed by atoms with Gasteiger partial charge in [-0.05, 0) is 43.0 Å². The van der Waals surface area contributed by atoms with Crippen LogP contribution in [0, 0.1) is 19.8 Å². The predicted octanol–water partition coefficient (Wildman–Crippen LogP) is 4.94. The van der Waals surface area contributed by atoms with Crippen LogP contribution in [0.4, 0.5) is 0 Å². The number of aryl methyl sites for hydroxylation is 2. The van der Waals surface area contributed by atoms with Gasteiger partial charge in [0.15, 0.2) is 0 Å². The molecule has 0 saturated carbocycles. The summed E-state index contributed by atoms with van der Waals surface area (Å²) in [4.78, 5) is 23.9. The number of hydrogen-bond donors (Lipinski definition) is 0. The number of carbonyl (C=O) groups excluding carboxylic acids is 1. The lowest BCUT2D eigenvalue weighted by atomic mass is 9.97.